The Labute approximate surface area is 117 Å². The summed E-state index contributed by atoms with van der Waals surface area (Å²) >= 11 is 5.82. The minimum Gasteiger partial charge on any atom is -0.439 e. The van der Waals surface area contributed by atoms with E-state index in [1.165, 1.54) is 11.6 Å². The third kappa shape index (κ3) is 3.70. The minimum atomic E-state index is 0.247. The number of pyridine rings is 1. The number of halogens is 1. The molecule has 0 aliphatic rings. The van der Waals surface area contributed by atoms with Crippen LogP contribution in [0.25, 0.3) is 0 Å². The topological polar surface area (TPSA) is 45.9 Å². The molecule has 0 atom stereocenters. The lowest BCUT2D eigenvalue weighted by molar-refractivity contribution is 0.462. The van der Waals surface area contributed by atoms with Gasteiger partial charge in [-0.1, -0.05) is 37.1 Å². The van der Waals surface area contributed by atoms with Gasteiger partial charge in [0.25, 0.3) is 0 Å². The summed E-state index contributed by atoms with van der Waals surface area (Å²) in [7, 11) is 0. The molecule has 0 bridgehead atoms. The van der Waals surface area contributed by atoms with Crippen molar-refractivity contribution >= 4 is 11.6 Å². The zero-order chi connectivity index (χ0) is 13.7. The van der Waals surface area contributed by atoms with Crippen molar-refractivity contribution in [1.29, 1.82) is 5.26 Å². The first-order chi connectivity index (χ1) is 9.21. The first kappa shape index (κ1) is 13.4. The predicted octanol–water partition coefficient (Wildman–Crippen LogP) is 4.35. The van der Waals surface area contributed by atoms with Crippen molar-refractivity contribution in [3.63, 3.8) is 0 Å². The highest BCUT2D eigenvalue weighted by atomic mass is 35.5. The van der Waals surface area contributed by atoms with Crippen molar-refractivity contribution in [2.24, 2.45) is 0 Å². The summed E-state index contributed by atoms with van der Waals surface area (Å²) in [5, 5.41) is 9.10. The average molecular weight is 273 g/mol. The maximum atomic E-state index is 8.86. The lowest BCUT2D eigenvalue weighted by Crippen LogP contribution is -1.90. The smallest absolute Gasteiger partial charge is 0.221 e. The van der Waals surface area contributed by atoms with Crippen molar-refractivity contribution in [2.45, 2.75) is 19.8 Å². The fraction of sp³-hybridized carbons (Fsp3) is 0.200. The largest absolute Gasteiger partial charge is 0.439 e. The van der Waals surface area contributed by atoms with Gasteiger partial charge in [-0.2, -0.15) is 5.26 Å². The van der Waals surface area contributed by atoms with Gasteiger partial charge in [-0.05, 0) is 30.2 Å². The van der Waals surface area contributed by atoms with Crippen LogP contribution in [0.3, 0.4) is 0 Å². The summed E-state index contributed by atoms with van der Waals surface area (Å²) in [4.78, 5) is 4.03. The fourth-order valence-corrected chi connectivity index (χ4v) is 1.92. The van der Waals surface area contributed by atoms with Gasteiger partial charge in [-0.25, -0.2) is 4.98 Å². The van der Waals surface area contributed by atoms with E-state index in [4.69, 9.17) is 21.6 Å². The molecule has 0 aliphatic carbocycles. The van der Waals surface area contributed by atoms with Gasteiger partial charge in [-0.3, -0.25) is 0 Å². The van der Waals surface area contributed by atoms with Gasteiger partial charge in [0, 0.05) is 6.07 Å². The van der Waals surface area contributed by atoms with E-state index in [2.05, 4.69) is 11.9 Å². The Bertz CT molecular complexity index is 603. The third-order valence-corrected chi connectivity index (χ3v) is 2.78. The Morgan fingerprint density at radius 3 is 2.63 bits per heavy atom. The Kier molecular flexibility index (Phi) is 4.38. The standard InChI is InChI=1S/C15H13ClN2O/c1-2-3-11-4-6-13(7-5-11)19-15-9-12(10-17)8-14(16)18-15/h4-9H,2-3H2,1H3. The van der Waals surface area contributed by atoms with Crippen LogP contribution in [0, 0.1) is 11.3 Å². The molecule has 2 aromatic rings. The highest BCUT2D eigenvalue weighted by Crippen LogP contribution is 2.23. The van der Waals surface area contributed by atoms with Crippen LogP contribution in [0.2, 0.25) is 5.15 Å². The van der Waals surface area contributed by atoms with Crippen LogP contribution in [-0.2, 0) is 6.42 Å². The molecule has 0 unspecified atom stereocenters. The molecule has 0 spiro atoms. The van der Waals surface area contributed by atoms with Crippen LogP contribution < -0.4 is 4.74 Å². The number of hydrogen-bond acceptors (Lipinski definition) is 3. The van der Waals surface area contributed by atoms with Gasteiger partial charge in [-0.15, -0.1) is 0 Å². The van der Waals surface area contributed by atoms with E-state index in [1.807, 2.05) is 30.3 Å². The second-order valence-electron chi connectivity index (χ2n) is 4.12. The normalized spacial score (nSPS) is 9.95. The first-order valence-electron chi connectivity index (χ1n) is 6.05. The van der Waals surface area contributed by atoms with Crippen molar-refractivity contribution in [3.8, 4) is 17.7 Å². The Balaban J connectivity index is 2.17. The Morgan fingerprint density at radius 2 is 2.00 bits per heavy atom. The number of rotatable bonds is 4. The zero-order valence-corrected chi connectivity index (χ0v) is 11.3. The number of nitrogens with zero attached hydrogens (tertiary/aromatic N) is 2. The average Bonchev–Trinajstić information content (AvgIpc) is 2.40. The van der Waals surface area contributed by atoms with Crippen molar-refractivity contribution in [3.05, 3.63) is 52.7 Å². The maximum absolute atomic E-state index is 8.86. The molecule has 1 aromatic heterocycles. The minimum absolute atomic E-state index is 0.247. The molecule has 4 heteroatoms. The molecule has 1 aromatic carbocycles. The molecule has 0 radical (unpaired) electrons. The molecule has 2 rings (SSSR count). The van der Waals surface area contributed by atoms with Gasteiger partial charge in [0.05, 0.1) is 11.6 Å². The second-order valence-corrected chi connectivity index (χ2v) is 4.51. The second kappa shape index (κ2) is 6.21. The van der Waals surface area contributed by atoms with E-state index in [-0.39, 0.29) is 5.15 Å². The summed E-state index contributed by atoms with van der Waals surface area (Å²) in [5.41, 5.74) is 1.70. The number of hydrogen-bond donors (Lipinski definition) is 0. The van der Waals surface area contributed by atoms with Crippen LogP contribution >= 0.6 is 11.6 Å². The van der Waals surface area contributed by atoms with Crippen molar-refractivity contribution < 1.29 is 4.74 Å². The van der Waals surface area contributed by atoms with Crippen LogP contribution in [0.15, 0.2) is 36.4 Å². The maximum Gasteiger partial charge on any atom is 0.221 e. The van der Waals surface area contributed by atoms with E-state index in [0.717, 1.165) is 12.8 Å². The monoisotopic (exact) mass is 272 g/mol. The van der Waals surface area contributed by atoms with Crippen molar-refractivity contribution in [1.82, 2.24) is 4.98 Å². The molecule has 0 aliphatic heterocycles. The molecule has 19 heavy (non-hydrogen) atoms. The molecule has 96 valence electrons. The first-order valence-corrected chi connectivity index (χ1v) is 6.43. The van der Waals surface area contributed by atoms with Gasteiger partial charge in [0.1, 0.15) is 10.9 Å². The summed E-state index contributed by atoms with van der Waals surface area (Å²) in [6, 6.07) is 12.9. The molecule has 0 saturated heterocycles. The Hall–Kier alpha value is -2.05. The van der Waals surface area contributed by atoms with E-state index in [1.54, 1.807) is 6.07 Å². The number of nitriles is 1. The molecule has 0 saturated carbocycles. The lowest BCUT2D eigenvalue weighted by atomic mass is 10.1. The SMILES string of the molecule is CCCc1ccc(Oc2cc(C#N)cc(Cl)n2)cc1. The fourth-order valence-electron chi connectivity index (χ4n) is 1.72. The number of ether oxygens (including phenoxy) is 1. The molecular formula is C15H13ClN2O. The van der Waals surface area contributed by atoms with Gasteiger partial charge in [0.2, 0.25) is 5.88 Å². The van der Waals surface area contributed by atoms with Crippen molar-refractivity contribution in [2.75, 3.05) is 0 Å². The summed E-state index contributed by atoms with van der Waals surface area (Å²) in [6.45, 7) is 2.14. The molecular weight excluding hydrogens is 260 g/mol. The molecule has 0 amide bonds. The highest BCUT2D eigenvalue weighted by Gasteiger charge is 2.03. The van der Waals surface area contributed by atoms with Crippen LogP contribution in [0.1, 0.15) is 24.5 Å². The van der Waals surface area contributed by atoms with E-state index >= 15 is 0 Å². The van der Waals surface area contributed by atoms with Gasteiger partial charge < -0.3 is 4.74 Å². The summed E-state index contributed by atoms with van der Waals surface area (Å²) < 4.78 is 5.59. The zero-order valence-electron chi connectivity index (χ0n) is 10.6. The number of aromatic nitrogens is 1. The molecule has 3 nitrogen and oxygen atoms in total. The lowest BCUT2D eigenvalue weighted by Gasteiger charge is -2.06. The van der Waals surface area contributed by atoms with Crippen LogP contribution in [-0.4, -0.2) is 4.98 Å². The van der Waals surface area contributed by atoms with E-state index in [0.29, 0.717) is 17.2 Å². The summed E-state index contributed by atoms with van der Waals surface area (Å²) in [6.07, 6.45) is 2.16. The predicted molar refractivity (Wildman–Crippen MR) is 74.5 cm³/mol. The Morgan fingerprint density at radius 1 is 1.26 bits per heavy atom. The number of benzene rings is 1. The molecule has 0 N–H and O–H groups in total. The molecule has 0 fully saturated rings. The van der Waals surface area contributed by atoms with Gasteiger partial charge >= 0.3 is 0 Å². The highest BCUT2D eigenvalue weighted by molar-refractivity contribution is 6.29. The van der Waals surface area contributed by atoms with Gasteiger partial charge in [0.15, 0.2) is 0 Å². The van der Waals surface area contributed by atoms with E-state index in [9.17, 15) is 0 Å². The van der Waals surface area contributed by atoms with Crippen LogP contribution in [0.5, 0.6) is 11.6 Å². The number of aryl methyl sites for hydroxylation is 1. The van der Waals surface area contributed by atoms with E-state index < -0.39 is 0 Å². The molecule has 1 heterocycles. The quantitative estimate of drug-likeness (QED) is 0.777. The van der Waals surface area contributed by atoms with Crippen LogP contribution in [0.4, 0.5) is 0 Å². The third-order valence-electron chi connectivity index (χ3n) is 2.58. The summed E-state index contributed by atoms with van der Waals surface area (Å²) in [5.74, 6) is 1.01.